The standard InChI is InChI=1S/C34H22O6/c1-37-21-15-11-19(12-16-21)27-28(20-13-17-22(38-2)18-14-20)30-24-8-4-6-10-26(24)40-34(36)32(30)31-29(27)23-7-3-5-9-25(23)39-33(31)35/h3-18H,1-2H3. The Bertz CT molecular complexity index is 2050. The Balaban J connectivity index is 1.85. The van der Waals surface area contributed by atoms with Crippen molar-refractivity contribution in [2.75, 3.05) is 14.2 Å². The monoisotopic (exact) mass is 526 g/mol. The molecule has 0 atom stereocenters. The third-order valence-corrected chi connectivity index (χ3v) is 7.38. The van der Waals surface area contributed by atoms with Gasteiger partial charge in [0.2, 0.25) is 0 Å². The smallest absolute Gasteiger partial charge is 0.345 e. The van der Waals surface area contributed by atoms with E-state index in [4.69, 9.17) is 18.3 Å². The quantitative estimate of drug-likeness (QED) is 0.174. The number of methoxy groups -OCH3 is 2. The fourth-order valence-electron chi connectivity index (χ4n) is 5.62. The molecule has 6 nitrogen and oxygen atoms in total. The molecule has 2 heterocycles. The average molecular weight is 527 g/mol. The number of benzene rings is 5. The molecule has 6 heteroatoms. The van der Waals surface area contributed by atoms with Crippen molar-refractivity contribution < 1.29 is 18.3 Å². The number of hydrogen-bond donors (Lipinski definition) is 0. The first-order valence-electron chi connectivity index (χ1n) is 12.7. The van der Waals surface area contributed by atoms with E-state index < -0.39 is 11.3 Å². The van der Waals surface area contributed by atoms with Gasteiger partial charge < -0.3 is 18.3 Å². The third-order valence-electron chi connectivity index (χ3n) is 7.38. The van der Waals surface area contributed by atoms with E-state index in [0.29, 0.717) is 44.2 Å². The van der Waals surface area contributed by atoms with Gasteiger partial charge in [-0.3, -0.25) is 0 Å². The molecule has 0 aliphatic carbocycles. The average Bonchev–Trinajstić information content (AvgIpc) is 3.00. The van der Waals surface area contributed by atoms with Crippen LogP contribution in [-0.2, 0) is 0 Å². The summed E-state index contributed by atoms with van der Waals surface area (Å²) < 4.78 is 22.4. The minimum absolute atomic E-state index is 0.191. The van der Waals surface area contributed by atoms with Gasteiger partial charge in [-0.1, -0.05) is 60.7 Å². The fraction of sp³-hybridized carbons (Fsp3) is 0.0588. The molecule has 2 aromatic heterocycles. The minimum atomic E-state index is -0.600. The number of ether oxygens (including phenoxy) is 2. The summed E-state index contributed by atoms with van der Waals surface area (Å²) in [5, 5.41) is 3.06. The number of para-hydroxylation sites is 2. The van der Waals surface area contributed by atoms with Crippen LogP contribution >= 0.6 is 0 Å². The van der Waals surface area contributed by atoms with Crippen LogP contribution < -0.4 is 20.7 Å². The van der Waals surface area contributed by atoms with Crippen LogP contribution in [-0.4, -0.2) is 14.2 Å². The Morgan fingerprint density at radius 3 is 1.23 bits per heavy atom. The molecule has 0 unspecified atom stereocenters. The molecular weight excluding hydrogens is 504 g/mol. The van der Waals surface area contributed by atoms with Crippen LogP contribution in [0.25, 0.3) is 65.7 Å². The molecule has 0 spiro atoms. The minimum Gasteiger partial charge on any atom is -0.497 e. The molecule has 0 bridgehead atoms. The van der Waals surface area contributed by atoms with Crippen LogP contribution in [0.3, 0.4) is 0 Å². The van der Waals surface area contributed by atoms with Gasteiger partial charge in [-0.15, -0.1) is 0 Å². The van der Waals surface area contributed by atoms with E-state index in [1.54, 1.807) is 26.4 Å². The molecule has 0 radical (unpaired) electrons. The zero-order valence-corrected chi connectivity index (χ0v) is 21.7. The van der Waals surface area contributed by atoms with E-state index in [0.717, 1.165) is 22.3 Å². The molecule has 194 valence electrons. The van der Waals surface area contributed by atoms with Gasteiger partial charge >= 0.3 is 11.3 Å². The Labute approximate surface area is 227 Å². The van der Waals surface area contributed by atoms with Crippen molar-refractivity contribution in [2.24, 2.45) is 0 Å². The molecule has 40 heavy (non-hydrogen) atoms. The van der Waals surface area contributed by atoms with Crippen molar-refractivity contribution in [3.8, 4) is 33.8 Å². The highest BCUT2D eigenvalue weighted by molar-refractivity contribution is 6.30. The van der Waals surface area contributed by atoms with E-state index in [2.05, 4.69) is 0 Å². The van der Waals surface area contributed by atoms with Crippen molar-refractivity contribution in [2.45, 2.75) is 0 Å². The van der Waals surface area contributed by atoms with Gasteiger partial charge in [0, 0.05) is 21.5 Å². The van der Waals surface area contributed by atoms with Gasteiger partial charge in [0.25, 0.3) is 0 Å². The number of hydrogen-bond acceptors (Lipinski definition) is 6. The summed E-state index contributed by atoms with van der Waals surface area (Å²) in [7, 11) is 3.24. The molecule has 0 aliphatic rings. The van der Waals surface area contributed by atoms with E-state index >= 15 is 0 Å². The Kier molecular flexibility index (Phi) is 5.42. The lowest BCUT2D eigenvalue weighted by Gasteiger charge is -2.20. The summed E-state index contributed by atoms with van der Waals surface area (Å²) >= 11 is 0. The molecule has 5 aromatic carbocycles. The first-order chi connectivity index (χ1) is 19.6. The van der Waals surface area contributed by atoms with Crippen LogP contribution in [0.4, 0.5) is 0 Å². The Hall–Kier alpha value is -5.36. The molecule has 7 aromatic rings. The highest BCUT2D eigenvalue weighted by atomic mass is 16.5. The number of rotatable bonds is 4. The first-order valence-corrected chi connectivity index (χ1v) is 12.7. The van der Waals surface area contributed by atoms with Crippen LogP contribution in [0.15, 0.2) is 115 Å². The van der Waals surface area contributed by atoms with E-state index in [1.807, 2.05) is 84.9 Å². The fourth-order valence-corrected chi connectivity index (χ4v) is 5.62. The van der Waals surface area contributed by atoms with E-state index in [9.17, 15) is 9.59 Å². The lowest BCUT2D eigenvalue weighted by atomic mass is 9.84. The topological polar surface area (TPSA) is 78.9 Å². The van der Waals surface area contributed by atoms with Crippen LogP contribution in [0.1, 0.15) is 0 Å². The molecular formula is C34H22O6. The maximum Gasteiger partial charge on any atom is 0.345 e. The van der Waals surface area contributed by atoms with Crippen LogP contribution in [0, 0.1) is 0 Å². The lowest BCUT2D eigenvalue weighted by molar-refractivity contribution is 0.414. The summed E-state index contributed by atoms with van der Waals surface area (Å²) in [6, 6.07) is 30.1. The predicted octanol–water partition coefficient (Wildman–Crippen LogP) is 7.56. The van der Waals surface area contributed by atoms with Crippen molar-refractivity contribution in [1.82, 2.24) is 0 Å². The highest BCUT2D eigenvalue weighted by Gasteiger charge is 2.26. The van der Waals surface area contributed by atoms with Gasteiger partial charge in [0.1, 0.15) is 22.7 Å². The Morgan fingerprint density at radius 2 is 0.850 bits per heavy atom. The molecule has 7 rings (SSSR count). The van der Waals surface area contributed by atoms with Gasteiger partial charge in [-0.2, -0.15) is 0 Å². The largest absolute Gasteiger partial charge is 0.497 e. The molecule has 0 amide bonds. The van der Waals surface area contributed by atoms with Gasteiger partial charge in [0.15, 0.2) is 0 Å². The zero-order valence-electron chi connectivity index (χ0n) is 21.7. The predicted molar refractivity (Wildman–Crippen MR) is 158 cm³/mol. The summed E-state index contributed by atoms with van der Waals surface area (Å²) in [6.45, 7) is 0. The maximum atomic E-state index is 13.7. The van der Waals surface area contributed by atoms with Gasteiger partial charge in [-0.25, -0.2) is 9.59 Å². The van der Waals surface area contributed by atoms with Crippen molar-refractivity contribution in [3.63, 3.8) is 0 Å². The van der Waals surface area contributed by atoms with Crippen molar-refractivity contribution in [1.29, 1.82) is 0 Å². The summed E-state index contributed by atoms with van der Waals surface area (Å²) in [5.74, 6) is 1.41. The van der Waals surface area contributed by atoms with Crippen molar-refractivity contribution in [3.05, 3.63) is 118 Å². The summed E-state index contributed by atoms with van der Waals surface area (Å²) in [5.41, 5.74) is 2.97. The summed E-state index contributed by atoms with van der Waals surface area (Å²) in [6.07, 6.45) is 0. The SMILES string of the molecule is COc1ccc(-c2c(-c3ccc(OC)cc3)c3c4ccccc4oc(=O)c3c3c(=O)oc4ccccc4c23)cc1. The van der Waals surface area contributed by atoms with E-state index in [1.165, 1.54) is 0 Å². The zero-order chi connectivity index (χ0) is 27.4. The van der Waals surface area contributed by atoms with E-state index in [-0.39, 0.29) is 10.8 Å². The van der Waals surface area contributed by atoms with Crippen LogP contribution in [0.5, 0.6) is 11.5 Å². The van der Waals surface area contributed by atoms with Gasteiger partial charge in [0.05, 0.1) is 25.0 Å². The molecule has 0 fully saturated rings. The third kappa shape index (κ3) is 3.50. The second kappa shape index (κ2) is 9.13. The van der Waals surface area contributed by atoms with Crippen molar-refractivity contribution >= 4 is 43.5 Å². The maximum absolute atomic E-state index is 13.7. The molecule has 0 saturated carbocycles. The normalized spacial score (nSPS) is 11.4. The molecule has 0 aliphatic heterocycles. The Morgan fingerprint density at radius 1 is 0.475 bits per heavy atom. The second-order valence-corrected chi connectivity index (χ2v) is 9.48. The number of fused-ring (bicyclic) bond motifs is 7. The van der Waals surface area contributed by atoms with Crippen LogP contribution in [0.2, 0.25) is 0 Å². The second-order valence-electron chi connectivity index (χ2n) is 9.48. The lowest BCUT2D eigenvalue weighted by Crippen LogP contribution is -2.10. The summed E-state index contributed by atoms with van der Waals surface area (Å²) in [4.78, 5) is 27.5. The highest BCUT2D eigenvalue weighted by Crippen LogP contribution is 2.47. The molecule has 0 N–H and O–H groups in total. The first kappa shape index (κ1) is 23.7. The van der Waals surface area contributed by atoms with Gasteiger partial charge in [-0.05, 0) is 58.7 Å². The molecule has 0 saturated heterocycles.